The molecular formula is C11H10F2N2O. The van der Waals surface area contributed by atoms with Gasteiger partial charge in [-0.2, -0.15) is 8.78 Å². The van der Waals surface area contributed by atoms with Gasteiger partial charge in [-0.15, -0.1) is 0 Å². The quantitative estimate of drug-likeness (QED) is 0.870. The van der Waals surface area contributed by atoms with Crippen molar-refractivity contribution in [3.8, 4) is 5.75 Å². The van der Waals surface area contributed by atoms with Crippen molar-refractivity contribution in [3.63, 3.8) is 0 Å². The molecule has 2 aromatic rings. The van der Waals surface area contributed by atoms with Gasteiger partial charge in [0.2, 0.25) is 0 Å². The summed E-state index contributed by atoms with van der Waals surface area (Å²) in [5.74, 6) is 0.131. The minimum absolute atomic E-state index is 0.131. The molecule has 0 radical (unpaired) electrons. The van der Waals surface area contributed by atoms with Gasteiger partial charge in [-0.3, -0.25) is 4.98 Å². The maximum atomic E-state index is 12.0. The van der Waals surface area contributed by atoms with E-state index in [-0.39, 0.29) is 5.75 Å². The Morgan fingerprint density at radius 3 is 2.81 bits per heavy atom. The number of hydrogen-bond donors (Lipinski definition) is 1. The highest BCUT2D eigenvalue weighted by atomic mass is 19.3. The summed E-state index contributed by atoms with van der Waals surface area (Å²) >= 11 is 0. The maximum absolute atomic E-state index is 12.0. The molecule has 0 spiro atoms. The lowest BCUT2D eigenvalue weighted by Crippen LogP contribution is -2.02. The van der Waals surface area contributed by atoms with E-state index in [9.17, 15) is 8.78 Å². The molecule has 5 heteroatoms. The number of pyridine rings is 1. The normalized spacial score (nSPS) is 10.8. The third kappa shape index (κ3) is 2.03. The number of anilines is 1. The molecule has 2 rings (SSSR count). The van der Waals surface area contributed by atoms with Gasteiger partial charge in [0.25, 0.3) is 0 Å². The third-order valence-corrected chi connectivity index (χ3v) is 2.21. The van der Waals surface area contributed by atoms with Crippen LogP contribution in [-0.2, 0) is 0 Å². The molecule has 1 heterocycles. The van der Waals surface area contributed by atoms with Crippen molar-refractivity contribution >= 4 is 16.6 Å². The van der Waals surface area contributed by atoms with Crippen molar-refractivity contribution < 1.29 is 13.5 Å². The highest BCUT2D eigenvalue weighted by molar-refractivity contribution is 5.91. The Labute approximate surface area is 91.1 Å². The molecule has 1 aromatic carbocycles. The Morgan fingerprint density at radius 2 is 2.12 bits per heavy atom. The third-order valence-electron chi connectivity index (χ3n) is 2.21. The van der Waals surface area contributed by atoms with Crippen LogP contribution in [0.2, 0.25) is 0 Å². The van der Waals surface area contributed by atoms with Crippen LogP contribution in [0, 0.1) is 0 Å². The standard InChI is InChI=1S/C11H10F2N2O/c1-14-9-4-5-15-10-3-2-7(6-8(9)10)16-11(12)13/h2-6,11H,1H3,(H,14,15). The highest BCUT2D eigenvalue weighted by Gasteiger charge is 2.06. The van der Waals surface area contributed by atoms with Gasteiger partial charge in [0.15, 0.2) is 0 Å². The van der Waals surface area contributed by atoms with Gasteiger partial charge in [0.05, 0.1) is 5.52 Å². The monoisotopic (exact) mass is 224 g/mol. The van der Waals surface area contributed by atoms with E-state index in [2.05, 4.69) is 15.0 Å². The van der Waals surface area contributed by atoms with Gasteiger partial charge < -0.3 is 10.1 Å². The molecule has 0 saturated carbocycles. The fraction of sp³-hybridized carbons (Fsp3) is 0.182. The lowest BCUT2D eigenvalue weighted by atomic mass is 10.2. The van der Waals surface area contributed by atoms with Crippen LogP contribution in [-0.4, -0.2) is 18.6 Å². The molecule has 84 valence electrons. The number of nitrogens with one attached hydrogen (secondary N) is 1. The van der Waals surface area contributed by atoms with Gasteiger partial charge in [-0.25, -0.2) is 0 Å². The van der Waals surface area contributed by atoms with Gasteiger partial charge >= 0.3 is 6.61 Å². The molecule has 16 heavy (non-hydrogen) atoms. The van der Waals surface area contributed by atoms with Crippen LogP contribution in [0.25, 0.3) is 10.9 Å². The first-order valence-electron chi connectivity index (χ1n) is 4.72. The predicted molar refractivity (Wildman–Crippen MR) is 57.9 cm³/mol. The number of alkyl halides is 2. The van der Waals surface area contributed by atoms with Gasteiger partial charge in [0.1, 0.15) is 5.75 Å². The zero-order valence-corrected chi connectivity index (χ0v) is 8.58. The number of halogens is 2. The molecule has 1 aromatic heterocycles. The lowest BCUT2D eigenvalue weighted by molar-refractivity contribution is -0.0497. The molecule has 0 atom stereocenters. The van der Waals surface area contributed by atoms with Crippen LogP contribution in [0.4, 0.5) is 14.5 Å². The van der Waals surface area contributed by atoms with E-state index in [1.165, 1.54) is 6.07 Å². The summed E-state index contributed by atoms with van der Waals surface area (Å²) in [6.07, 6.45) is 1.65. The number of nitrogens with zero attached hydrogens (tertiary/aromatic N) is 1. The zero-order chi connectivity index (χ0) is 11.5. The average molecular weight is 224 g/mol. The van der Waals surface area contributed by atoms with Crippen molar-refractivity contribution in [1.82, 2.24) is 4.98 Å². The number of fused-ring (bicyclic) bond motifs is 1. The van der Waals surface area contributed by atoms with Gasteiger partial charge in [-0.05, 0) is 24.3 Å². The molecular weight excluding hydrogens is 214 g/mol. The SMILES string of the molecule is CNc1ccnc2ccc(OC(F)F)cc12. The summed E-state index contributed by atoms with van der Waals surface area (Å²) in [6.45, 7) is -2.81. The summed E-state index contributed by atoms with van der Waals surface area (Å²) in [7, 11) is 1.76. The molecule has 0 aliphatic rings. The van der Waals surface area contributed by atoms with Gasteiger partial charge in [-0.1, -0.05) is 0 Å². The second-order valence-electron chi connectivity index (χ2n) is 3.17. The van der Waals surface area contributed by atoms with Crippen molar-refractivity contribution in [2.75, 3.05) is 12.4 Å². The second kappa shape index (κ2) is 4.30. The fourth-order valence-electron chi connectivity index (χ4n) is 1.52. The maximum Gasteiger partial charge on any atom is 0.387 e. The van der Waals surface area contributed by atoms with Crippen LogP contribution in [0.5, 0.6) is 5.75 Å². The average Bonchev–Trinajstić information content (AvgIpc) is 2.27. The molecule has 0 bridgehead atoms. The molecule has 0 saturated heterocycles. The Kier molecular flexibility index (Phi) is 2.85. The van der Waals surface area contributed by atoms with Crippen LogP contribution in [0.15, 0.2) is 30.5 Å². The summed E-state index contributed by atoms with van der Waals surface area (Å²) in [5, 5.41) is 3.72. The fourth-order valence-corrected chi connectivity index (χ4v) is 1.52. The summed E-state index contributed by atoms with van der Waals surface area (Å²) < 4.78 is 28.4. The second-order valence-corrected chi connectivity index (χ2v) is 3.17. The molecule has 3 nitrogen and oxygen atoms in total. The minimum Gasteiger partial charge on any atom is -0.435 e. The van der Waals surface area contributed by atoms with Crippen LogP contribution in [0.3, 0.4) is 0 Å². The molecule has 0 aliphatic carbocycles. The summed E-state index contributed by atoms with van der Waals surface area (Å²) in [5.41, 5.74) is 1.55. The molecule has 1 N–H and O–H groups in total. The topological polar surface area (TPSA) is 34.2 Å². The Hall–Kier alpha value is -1.91. The molecule has 0 unspecified atom stereocenters. The highest BCUT2D eigenvalue weighted by Crippen LogP contribution is 2.26. The first-order valence-corrected chi connectivity index (χ1v) is 4.72. The minimum atomic E-state index is -2.81. The van der Waals surface area contributed by atoms with Crippen molar-refractivity contribution in [2.24, 2.45) is 0 Å². The van der Waals surface area contributed by atoms with Crippen molar-refractivity contribution in [1.29, 1.82) is 0 Å². The zero-order valence-electron chi connectivity index (χ0n) is 8.58. The van der Waals surface area contributed by atoms with E-state index in [4.69, 9.17) is 0 Å². The number of aromatic nitrogens is 1. The first kappa shape index (κ1) is 10.6. The Balaban J connectivity index is 2.50. The molecule has 0 fully saturated rings. The van der Waals surface area contributed by atoms with E-state index in [1.54, 1.807) is 31.4 Å². The van der Waals surface area contributed by atoms with Crippen molar-refractivity contribution in [3.05, 3.63) is 30.5 Å². The van der Waals surface area contributed by atoms with Crippen LogP contribution >= 0.6 is 0 Å². The number of rotatable bonds is 3. The first-order chi connectivity index (χ1) is 7.70. The Bertz CT molecular complexity index is 502. The van der Waals surface area contributed by atoms with E-state index in [1.807, 2.05) is 0 Å². The summed E-state index contributed by atoms with van der Waals surface area (Å²) in [4.78, 5) is 4.13. The van der Waals surface area contributed by atoms with Crippen molar-refractivity contribution in [2.45, 2.75) is 6.61 Å². The number of benzene rings is 1. The van der Waals surface area contributed by atoms with E-state index < -0.39 is 6.61 Å². The van der Waals surface area contributed by atoms with Gasteiger partial charge in [0, 0.05) is 24.3 Å². The Morgan fingerprint density at radius 1 is 1.31 bits per heavy atom. The molecule has 0 aliphatic heterocycles. The largest absolute Gasteiger partial charge is 0.435 e. The van der Waals surface area contributed by atoms with E-state index in [0.717, 1.165) is 16.6 Å². The van der Waals surface area contributed by atoms with Crippen LogP contribution < -0.4 is 10.1 Å². The number of hydrogen-bond acceptors (Lipinski definition) is 3. The summed E-state index contributed by atoms with van der Waals surface area (Å²) in [6, 6.07) is 6.43. The van der Waals surface area contributed by atoms with E-state index >= 15 is 0 Å². The predicted octanol–water partition coefficient (Wildman–Crippen LogP) is 2.88. The smallest absolute Gasteiger partial charge is 0.387 e. The molecule has 0 amide bonds. The number of ether oxygens (including phenoxy) is 1. The lowest BCUT2D eigenvalue weighted by Gasteiger charge is -2.08. The van der Waals surface area contributed by atoms with Crippen LogP contribution in [0.1, 0.15) is 0 Å². The van der Waals surface area contributed by atoms with E-state index in [0.29, 0.717) is 0 Å².